The van der Waals surface area contributed by atoms with Gasteiger partial charge in [0.05, 0.1) is 0 Å². The van der Waals surface area contributed by atoms with Crippen LogP contribution in [0.3, 0.4) is 0 Å². The molecule has 3 aromatic carbocycles. The number of benzene rings is 3. The number of aromatic amines is 1. The van der Waals surface area contributed by atoms with Gasteiger partial charge in [-0.1, -0.05) is 76.9 Å². The van der Waals surface area contributed by atoms with Crippen LogP contribution >= 0.6 is 21.6 Å². The Bertz CT molecular complexity index is 3390. The number of primary amides is 1. The highest BCUT2D eigenvalue weighted by Crippen LogP contribution is 2.31. The standard InChI is InChI=1S/C66H90N14O15S2/c67-28-6-5-14-46-59(88)70-30-7-1-2-16-54(83)72-50(34-41-35-71-45-13-4-3-12-44(41)45)63(92)74-47(25-26-56(85)86)60(89)77-51(58(69)87)36-96-97-37-52(64(93)79-57(40-10-8-11-40)66(95)76-49(61(90)73-46)33-39-19-23-43(82)24-20-39)78-62(91)48(32-38-17-21-42(81)22-18-38)75-65(94)53-15-9-31-80(53)55(84)27-29-68/h3-4,12-13,17-24,35,40,46-53,57,71,81-82H,1-2,5-11,14-16,25-34,36-37,67-68H2,(H2,69,87)(H,70,88)(H,72,83)(H,73,90)(H,74,92)(H,75,94)(H,76,95)(H,77,89)(H,78,91)(H,79,93)(H,85,86)/t46-,47-,48-,49-,50-,51-,52-,53-,57+/m0/s1. The van der Waals surface area contributed by atoms with Gasteiger partial charge in [0.25, 0.3) is 0 Å². The zero-order valence-corrected chi connectivity index (χ0v) is 55.6. The number of aromatic hydroxyl groups is 2. The predicted octanol–water partition coefficient (Wildman–Crippen LogP) is 0.176. The van der Waals surface area contributed by atoms with Crippen LogP contribution in [0.4, 0.5) is 0 Å². The molecule has 31 heteroatoms. The van der Waals surface area contributed by atoms with Gasteiger partial charge in [-0.2, -0.15) is 0 Å². The number of unbranched alkanes of at least 4 members (excludes halogenated alkanes) is 1. The number of phenolic OH excluding ortho intramolecular Hbond substituents is 2. The molecular formula is C66H90N14O15S2. The zero-order valence-electron chi connectivity index (χ0n) is 54.0. The highest BCUT2D eigenvalue weighted by atomic mass is 33.1. The van der Waals surface area contributed by atoms with Crippen molar-refractivity contribution < 1.29 is 72.9 Å². The Kier molecular flexibility index (Phi) is 29.6. The van der Waals surface area contributed by atoms with Gasteiger partial charge in [-0.3, -0.25) is 57.5 Å². The maximum absolute atomic E-state index is 15.1. The number of carboxylic acids is 1. The van der Waals surface area contributed by atoms with Gasteiger partial charge in [0.2, 0.25) is 65.0 Å². The summed E-state index contributed by atoms with van der Waals surface area (Å²) in [5, 5.41) is 55.6. The van der Waals surface area contributed by atoms with Crippen molar-refractivity contribution >= 4 is 103 Å². The highest BCUT2D eigenvalue weighted by Gasteiger charge is 2.40. The molecule has 1 aliphatic carbocycles. The molecule has 4 aromatic rings. The maximum Gasteiger partial charge on any atom is 0.303 e. The highest BCUT2D eigenvalue weighted by molar-refractivity contribution is 8.76. The largest absolute Gasteiger partial charge is 0.508 e. The summed E-state index contributed by atoms with van der Waals surface area (Å²) in [6.45, 7) is 0.736. The molecule has 3 fully saturated rings. The van der Waals surface area contributed by atoms with Crippen LogP contribution in [0.25, 0.3) is 10.9 Å². The number of carbonyl (C=O) groups excluding carboxylic acids is 11. The molecule has 0 spiro atoms. The predicted molar refractivity (Wildman–Crippen MR) is 362 cm³/mol. The lowest BCUT2D eigenvalue weighted by Crippen LogP contribution is -2.62. The minimum Gasteiger partial charge on any atom is -0.508 e. The fourth-order valence-electron chi connectivity index (χ4n) is 11.6. The average Bonchev–Trinajstić information content (AvgIpc) is 1.80. The molecule has 1 aromatic heterocycles. The lowest BCUT2D eigenvalue weighted by Gasteiger charge is -2.35. The molecule has 1 saturated carbocycles. The number of nitrogens with one attached hydrogen (secondary N) is 10. The Hall–Kier alpha value is -8.94. The number of fused-ring (bicyclic) bond motifs is 1. The summed E-state index contributed by atoms with van der Waals surface area (Å²) in [7, 11) is 1.85. The molecular weight excluding hydrogens is 1290 g/mol. The fraction of sp³-hybridized carbons (Fsp3) is 0.515. The number of carbonyl (C=O) groups is 12. The normalized spacial score (nSPS) is 23.2. The molecule has 2 saturated heterocycles. The molecule has 7 rings (SSSR count). The Morgan fingerprint density at radius 3 is 1.94 bits per heavy atom. The van der Waals surface area contributed by atoms with Gasteiger partial charge in [0.15, 0.2) is 0 Å². The summed E-state index contributed by atoms with van der Waals surface area (Å²) in [5.41, 5.74) is 19.8. The Balaban J connectivity index is 1.22. The number of rotatable bonds is 21. The zero-order chi connectivity index (χ0) is 70.0. The van der Waals surface area contributed by atoms with Gasteiger partial charge in [0, 0.05) is 86.8 Å². The van der Waals surface area contributed by atoms with E-state index in [1.807, 2.05) is 18.2 Å². The third-order valence-corrected chi connectivity index (χ3v) is 19.7. The summed E-state index contributed by atoms with van der Waals surface area (Å²) in [5.74, 6) is -10.9. The van der Waals surface area contributed by atoms with Crippen molar-refractivity contribution in [3.05, 3.63) is 95.7 Å². The van der Waals surface area contributed by atoms with E-state index in [1.54, 1.807) is 24.4 Å². The molecule has 0 unspecified atom stereocenters. The van der Waals surface area contributed by atoms with E-state index in [0.29, 0.717) is 81.0 Å². The fourth-order valence-corrected chi connectivity index (χ4v) is 14.0. The summed E-state index contributed by atoms with van der Waals surface area (Å²) in [6.07, 6.45) is 4.73. The summed E-state index contributed by atoms with van der Waals surface area (Å²) >= 11 is 0. The van der Waals surface area contributed by atoms with Crippen molar-refractivity contribution in [1.82, 2.24) is 57.7 Å². The lowest BCUT2D eigenvalue weighted by molar-refractivity contribution is -0.139. The number of aliphatic carboxylic acids is 1. The second kappa shape index (κ2) is 38.1. The number of amides is 11. The minimum absolute atomic E-state index is 0.0251. The Morgan fingerprint density at radius 2 is 1.28 bits per heavy atom. The van der Waals surface area contributed by atoms with Crippen LogP contribution in [0.5, 0.6) is 11.5 Å². The molecule has 2 aliphatic heterocycles. The molecule has 9 atom stereocenters. The van der Waals surface area contributed by atoms with E-state index >= 15 is 4.79 Å². The van der Waals surface area contributed by atoms with Crippen molar-refractivity contribution in [2.75, 3.05) is 37.7 Å². The van der Waals surface area contributed by atoms with Gasteiger partial charge in [-0.25, -0.2) is 0 Å². The van der Waals surface area contributed by atoms with Crippen LogP contribution in [-0.4, -0.2) is 188 Å². The Labute approximate surface area is 569 Å². The molecule has 3 heterocycles. The van der Waals surface area contributed by atoms with Gasteiger partial charge in [0.1, 0.15) is 65.9 Å². The Morgan fingerprint density at radius 1 is 0.629 bits per heavy atom. The SMILES string of the molecule is NCCCC[C@@H]1NC(=O)[C@H](Cc2ccc(O)cc2)NC(=O)[C@@H](C2CCC2)NC(=O)[C@@H](NC(=O)[C@H](Cc2ccc(O)cc2)NC(=O)[C@@H]2CCCN2C(=O)CCN)CSSC[C@@H](C(N)=O)NC(=O)[C@H](CCC(=O)O)NC(=O)[C@H](Cc2c[nH]c3ccccc23)NC(=O)CCCCCNC1=O. The number of aromatic nitrogens is 1. The van der Waals surface area contributed by atoms with E-state index in [2.05, 4.69) is 52.8 Å². The number of phenols is 2. The topological polar surface area (TPSA) is 471 Å². The number of likely N-dealkylation sites (tertiary alicyclic amines) is 1. The third kappa shape index (κ3) is 23.4. The summed E-state index contributed by atoms with van der Waals surface area (Å²) in [6, 6.07) is 6.83. The first-order chi connectivity index (χ1) is 46.6. The van der Waals surface area contributed by atoms with Crippen LogP contribution in [0.15, 0.2) is 79.0 Å². The molecule has 11 amide bonds. The van der Waals surface area contributed by atoms with Crippen molar-refractivity contribution in [3.63, 3.8) is 0 Å². The number of H-pyrrole nitrogens is 1. The number of nitrogens with zero attached hydrogens (tertiary/aromatic N) is 1. The third-order valence-electron chi connectivity index (χ3n) is 17.3. The van der Waals surface area contributed by atoms with Gasteiger partial charge < -0.3 is 90.3 Å². The first-order valence-electron chi connectivity index (χ1n) is 32.9. The molecule has 29 nitrogen and oxygen atoms in total. The first kappa shape index (κ1) is 75.4. The molecule has 3 aliphatic rings. The van der Waals surface area contributed by atoms with Gasteiger partial charge >= 0.3 is 5.97 Å². The number of para-hydroxylation sites is 1. The van der Waals surface area contributed by atoms with E-state index in [4.69, 9.17) is 17.2 Å². The summed E-state index contributed by atoms with van der Waals surface area (Å²) < 4.78 is 0. The van der Waals surface area contributed by atoms with Crippen molar-refractivity contribution in [3.8, 4) is 11.5 Å². The van der Waals surface area contributed by atoms with E-state index in [0.717, 1.165) is 32.5 Å². The van der Waals surface area contributed by atoms with E-state index in [9.17, 15) is 68.1 Å². The first-order valence-corrected chi connectivity index (χ1v) is 35.4. The average molecular weight is 1380 g/mol. The van der Waals surface area contributed by atoms with Crippen LogP contribution < -0.4 is 65.1 Å². The van der Waals surface area contributed by atoms with Gasteiger partial charge in [-0.15, -0.1) is 0 Å². The molecule has 19 N–H and O–H groups in total. The van der Waals surface area contributed by atoms with Crippen molar-refractivity contribution in [2.24, 2.45) is 23.1 Å². The van der Waals surface area contributed by atoms with Crippen molar-refractivity contribution in [1.29, 1.82) is 0 Å². The second-order valence-electron chi connectivity index (χ2n) is 24.5. The number of hydrogen-bond acceptors (Lipinski definition) is 18. The minimum atomic E-state index is -1.58. The van der Waals surface area contributed by atoms with Crippen molar-refractivity contribution in [2.45, 2.75) is 170 Å². The molecule has 526 valence electrons. The van der Waals surface area contributed by atoms with Gasteiger partial charge in [-0.05, 0) is 124 Å². The quantitative estimate of drug-likeness (QED) is 0.0391. The second-order valence-corrected chi connectivity index (χ2v) is 27.1. The molecule has 0 bridgehead atoms. The van der Waals surface area contributed by atoms with E-state index in [1.165, 1.54) is 41.3 Å². The number of carboxylic acid groups (broad SMARTS) is 1. The molecule has 0 radical (unpaired) electrons. The summed E-state index contributed by atoms with van der Waals surface area (Å²) in [4.78, 5) is 173. The maximum atomic E-state index is 15.1. The smallest absolute Gasteiger partial charge is 0.303 e. The van der Waals surface area contributed by atoms with Crippen LogP contribution in [-0.2, 0) is 76.8 Å². The van der Waals surface area contributed by atoms with Crippen LogP contribution in [0.1, 0.15) is 113 Å². The number of hydrogen-bond donors (Lipinski definition) is 16. The van der Waals surface area contributed by atoms with Crippen LogP contribution in [0.2, 0.25) is 0 Å². The monoisotopic (exact) mass is 1380 g/mol. The lowest BCUT2D eigenvalue weighted by atomic mass is 9.79. The van der Waals surface area contributed by atoms with Crippen LogP contribution in [0, 0.1) is 5.92 Å². The van der Waals surface area contributed by atoms with E-state index in [-0.39, 0.29) is 93.5 Å². The van der Waals surface area contributed by atoms with E-state index < -0.39 is 138 Å². The molecule has 97 heavy (non-hydrogen) atoms. The number of nitrogens with two attached hydrogens (primary N) is 3.